The average molecular weight is 474 g/mol. The number of carbonyl (C=O) groups excluding carboxylic acids is 1. The molecule has 1 aliphatic heterocycles. The van der Waals surface area contributed by atoms with Crippen LogP contribution in [0, 0.1) is 0 Å². The van der Waals surface area contributed by atoms with Gasteiger partial charge in [0, 0.05) is 24.6 Å². The van der Waals surface area contributed by atoms with Crippen LogP contribution in [0.5, 0.6) is 23.0 Å². The van der Waals surface area contributed by atoms with Gasteiger partial charge in [0.25, 0.3) is 0 Å². The number of aliphatic hydroxyl groups is 2. The van der Waals surface area contributed by atoms with Gasteiger partial charge in [-0.1, -0.05) is 0 Å². The van der Waals surface area contributed by atoms with Crippen LogP contribution in [0.4, 0.5) is 0 Å². The second-order valence-corrected chi connectivity index (χ2v) is 7.86. The molecule has 4 rings (SSSR count). The highest BCUT2D eigenvalue weighted by Crippen LogP contribution is 2.37. The molecule has 0 saturated carbocycles. The fraction of sp³-hybridized carbons (Fsp3) is 0.304. The topological polar surface area (TPSA) is 176 Å². The standard InChI is InChI=1S/C23H22O11/c1-9-17(28)21(32-10(2)24)19(30)23(31-9)34-22-18(29)16-14(27)7-13(26)8-15(16)33-20(22)11-3-5-12(25)6-4-11/h3-9,17,19,21,23,25-28,30H,1-2H3/t9-,17-,19-,21+,23-/m0/s1. The minimum Gasteiger partial charge on any atom is -0.508 e. The third kappa shape index (κ3) is 4.23. The molecule has 11 nitrogen and oxygen atoms in total. The second-order valence-electron chi connectivity index (χ2n) is 7.86. The maximum absolute atomic E-state index is 13.4. The van der Waals surface area contributed by atoms with E-state index in [9.17, 15) is 35.1 Å². The van der Waals surface area contributed by atoms with E-state index in [-0.39, 0.29) is 33.8 Å². The second kappa shape index (κ2) is 8.86. The van der Waals surface area contributed by atoms with Crippen molar-refractivity contribution in [2.75, 3.05) is 0 Å². The molecule has 1 aromatic heterocycles. The van der Waals surface area contributed by atoms with Gasteiger partial charge in [0.05, 0.1) is 6.10 Å². The van der Waals surface area contributed by atoms with Crippen molar-refractivity contribution >= 4 is 16.9 Å². The quantitative estimate of drug-likeness (QED) is 0.345. The number of phenols is 3. The Balaban J connectivity index is 1.86. The lowest BCUT2D eigenvalue weighted by Crippen LogP contribution is -2.59. The van der Waals surface area contributed by atoms with Crippen molar-refractivity contribution in [2.24, 2.45) is 0 Å². The van der Waals surface area contributed by atoms with Crippen molar-refractivity contribution in [2.45, 2.75) is 44.6 Å². The number of fused-ring (bicyclic) bond motifs is 1. The first-order valence-electron chi connectivity index (χ1n) is 10.2. The predicted octanol–water partition coefficient (Wildman–Crippen LogP) is 1.35. The van der Waals surface area contributed by atoms with Crippen LogP contribution in [0.25, 0.3) is 22.3 Å². The minimum atomic E-state index is -1.69. The molecule has 34 heavy (non-hydrogen) atoms. The molecule has 2 aromatic carbocycles. The first kappa shape index (κ1) is 23.4. The number of hydrogen-bond acceptors (Lipinski definition) is 11. The molecule has 3 aromatic rings. The van der Waals surface area contributed by atoms with Crippen LogP contribution in [-0.2, 0) is 14.3 Å². The first-order valence-corrected chi connectivity index (χ1v) is 10.2. The van der Waals surface area contributed by atoms with Crippen molar-refractivity contribution in [1.82, 2.24) is 0 Å². The summed E-state index contributed by atoms with van der Waals surface area (Å²) in [6, 6.07) is 7.62. The van der Waals surface area contributed by atoms with Crippen molar-refractivity contribution in [3.05, 3.63) is 46.6 Å². The molecule has 1 fully saturated rings. The summed E-state index contributed by atoms with van der Waals surface area (Å²) in [5.41, 5.74) is -0.713. The number of phenolic OH excluding ortho intramolecular Hbond substituents is 3. The van der Waals surface area contributed by atoms with E-state index in [1.165, 1.54) is 31.2 Å². The zero-order valence-electron chi connectivity index (χ0n) is 18.0. The van der Waals surface area contributed by atoms with Crippen LogP contribution in [0.3, 0.4) is 0 Å². The number of benzene rings is 2. The Morgan fingerprint density at radius 2 is 1.68 bits per heavy atom. The lowest BCUT2D eigenvalue weighted by molar-refractivity contribution is -0.272. The first-order chi connectivity index (χ1) is 16.1. The van der Waals surface area contributed by atoms with E-state index in [4.69, 9.17) is 18.6 Å². The Morgan fingerprint density at radius 1 is 1.00 bits per heavy atom. The van der Waals surface area contributed by atoms with Gasteiger partial charge in [-0.3, -0.25) is 9.59 Å². The summed E-state index contributed by atoms with van der Waals surface area (Å²) in [5, 5.41) is 50.3. The summed E-state index contributed by atoms with van der Waals surface area (Å²) >= 11 is 0. The fourth-order valence-corrected chi connectivity index (χ4v) is 3.72. The molecule has 0 bridgehead atoms. The highest BCUT2D eigenvalue weighted by Gasteiger charge is 2.46. The molecule has 5 atom stereocenters. The Hall–Kier alpha value is -3.80. The summed E-state index contributed by atoms with van der Waals surface area (Å²) < 4.78 is 22.0. The molecule has 0 radical (unpaired) electrons. The monoisotopic (exact) mass is 474 g/mol. The largest absolute Gasteiger partial charge is 0.508 e. The van der Waals surface area contributed by atoms with Crippen molar-refractivity contribution < 1.29 is 49.0 Å². The number of esters is 1. The predicted molar refractivity (Wildman–Crippen MR) is 115 cm³/mol. The van der Waals surface area contributed by atoms with E-state index in [2.05, 4.69) is 0 Å². The molecule has 0 amide bonds. The van der Waals surface area contributed by atoms with Gasteiger partial charge in [-0.2, -0.15) is 0 Å². The SMILES string of the molecule is CC(=O)O[C@H]1[C@H](O)[C@H](Oc2c(-c3ccc(O)cc3)oc3cc(O)cc(O)c3c2=O)O[C@@H](C)[C@@H]1O. The van der Waals surface area contributed by atoms with Gasteiger partial charge < -0.3 is 44.2 Å². The summed E-state index contributed by atoms with van der Waals surface area (Å²) in [5.74, 6) is -2.35. The Kier molecular flexibility index (Phi) is 6.09. The van der Waals surface area contributed by atoms with Crippen molar-refractivity contribution in [3.63, 3.8) is 0 Å². The zero-order chi connectivity index (χ0) is 24.7. The van der Waals surface area contributed by atoms with Crippen LogP contribution in [0.1, 0.15) is 13.8 Å². The molecular weight excluding hydrogens is 452 g/mol. The van der Waals surface area contributed by atoms with Crippen LogP contribution >= 0.6 is 0 Å². The summed E-state index contributed by atoms with van der Waals surface area (Å²) in [6.45, 7) is 2.57. The van der Waals surface area contributed by atoms with Gasteiger partial charge in [0.2, 0.25) is 17.5 Å². The molecule has 5 N–H and O–H groups in total. The van der Waals surface area contributed by atoms with Crippen LogP contribution in [0.2, 0.25) is 0 Å². The molecule has 0 spiro atoms. The van der Waals surface area contributed by atoms with Gasteiger partial charge in [-0.05, 0) is 31.2 Å². The van der Waals surface area contributed by atoms with Gasteiger partial charge >= 0.3 is 5.97 Å². The number of aromatic hydroxyl groups is 3. The van der Waals surface area contributed by atoms with Gasteiger partial charge in [0.1, 0.15) is 34.3 Å². The molecule has 1 aliphatic rings. The highest BCUT2D eigenvalue weighted by molar-refractivity contribution is 5.88. The maximum atomic E-state index is 13.4. The molecular formula is C23H22O11. The normalized spacial score (nSPS) is 24.6. The summed E-state index contributed by atoms with van der Waals surface area (Å²) in [4.78, 5) is 24.8. The number of carbonyl (C=O) groups is 1. The number of ether oxygens (including phenoxy) is 3. The average Bonchev–Trinajstić information content (AvgIpc) is 2.76. The molecule has 1 saturated heterocycles. The van der Waals surface area contributed by atoms with Gasteiger partial charge in [0.15, 0.2) is 18.0 Å². The zero-order valence-corrected chi connectivity index (χ0v) is 18.0. The Morgan fingerprint density at radius 3 is 2.32 bits per heavy atom. The van der Waals surface area contributed by atoms with Gasteiger partial charge in [-0.25, -0.2) is 0 Å². The van der Waals surface area contributed by atoms with Crippen LogP contribution < -0.4 is 10.2 Å². The van der Waals surface area contributed by atoms with E-state index in [0.717, 1.165) is 19.1 Å². The smallest absolute Gasteiger partial charge is 0.303 e. The summed E-state index contributed by atoms with van der Waals surface area (Å²) in [7, 11) is 0. The molecule has 0 aliphatic carbocycles. The van der Waals surface area contributed by atoms with E-state index >= 15 is 0 Å². The van der Waals surface area contributed by atoms with E-state index in [1.807, 2.05) is 0 Å². The van der Waals surface area contributed by atoms with E-state index in [1.54, 1.807) is 0 Å². The lowest BCUT2D eigenvalue weighted by atomic mass is 9.99. The number of aliphatic hydroxyl groups excluding tert-OH is 2. The molecule has 2 heterocycles. The Bertz CT molecular complexity index is 1280. The van der Waals surface area contributed by atoms with Crippen molar-refractivity contribution in [3.8, 4) is 34.3 Å². The minimum absolute atomic E-state index is 0.0530. The fourth-order valence-electron chi connectivity index (χ4n) is 3.72. The molecule has 180 valence electrons. The van der Waals surface area contributed by atoms with Crippen molar-refractivity contribution in [1.29, 1.82) is 0 Å². The highest BCUT2D eigenvalue weighted by atomic mass is 16.7. The third-order valence-corrected chi connectivity index (χ3v) is 5.36. The molecule has 0 unspecified atom stereocenters. The third-order valence-electron chi connectivity index (χ3n) is 5.36. The Labute approximate surface area is 192 Å². The van der Waals surface area contributed by atoms with Gasteiger partial charge in [-0.15, -0.1) is 0 Å². The van der Waals surface area contributed by atoms with Crippen LogP contribution in [-0.4, -0.2) is 62.2 Å². The van der Waals surface area contributed by atoms with Crippen LogP contribution in [0.15, 0.2) is 45.6 Å². The molecule has 11 heteroatoms. The number of hydrogen-bond donors (Lipinski definition) is 5. The van der Waals surface area contributed by atoms with E-state index in [0.29, 0.717) is 0 Å². The summed E-state index contributed by atoms with van der Waals surface area (Å²) in [6.07, 6.45) is -6.98. The lowest BCUT2D eigenvalue weighted by Gasteiger charge is -2.40. The van der Waals surface area contributed by atoms with E-state index < -0.39 is 53.6 Å². The number of rotatable bonds is 4. The maximum Gasteiger partial charge on any atom is 0.303 e.